The molecule has 0 amide bonds. The van der Waals surface area contributed by atoms with Gasteiger partial charge in [0, 0.05) is 6.20 Å². The highest BCUT2D eigenvalue weighted by Crippen LogP contribution is 1.99. The summed E-state index contributed by atoms with van der Waals surface area (Å²) in [4.78, 5) is 10.9. The topological polar surface area (TPSA) is 63.1 Å². The summed E-state index contributed by atoms with van der Waals surface area (Å²) in [5.41, 5.74) is 1.21. The standard InChI is InChI=1S/C6H6N4O/c1-4-2-3-7-10-5(4)8-9-6(10)11/h2-3H,1H3,(H,9,11). The molecule has 0 spiro atoms. The van der Waals surface area contributed by atoms with Gasteiger partial charge in [0.15, 0.2) is 5.65 Å². The molecular weight excluding hydrogens is 144 g/mol. The summed E-state index contributed by atoms with van der Waals surface area (Å²) in [6, 6.07) is 1.80. The third-order valence-electron chi connectivity index (χ3n) is 1.51. The maximum absolute atomic E-state index is 10.9. The molecule has 56 valence electrons. The van der Waals surface area contributed by atoms with E-state index in [2.05, 4.69) is 15.3 Å². The van der Waals surface area contributed by atoms with Crippen molar-refractivity contribution in [1.29, 1.82) is 0 Å². The molecule has 0 saturated carbocycles. The largest absolute Gasteiger partial charge is 0.364 e. The van der Waals surface area contributed by atoms with Crippen LogP contribution in [-0.2, 0) is 0 Å². The Morgan fingerprint density at radius 1 is 1.64 bits per heavy atom. The predicted molar refractivity (Wildman–Crippen MR) is 38.3 cm³/mol. The Morgan fingerprint density at radius 2 is 2.45 bits per heavy atom. The first-order chi connectivity index (χ1) is 5.29. The summed E-state index contributed by atoms with van der Waals surface area (Å²) >= 11 is 0. The fourth-order valence-electron chi connectivity index (χ4n) is 0.940. The van der Waals surface area contributed by atoms with E-state index in [-0.39, 0.29) is 5.69 Å². The molecule has 0 fully saturated rings. The lowest BCUT2D eigenvalue weighted by Gasteiger charge is -1.90. The average Bonchev–Trinajstić information content (AvgIpc) is 2.35. The molecule has 0 aliphatic heterocycles. The third-order valence-corrected chi connectivity index (χ3v) is 1.51. The quantitative estimate of drug-likeness (QED) is 0.562. The second kappa shape index (κ2) is 1.91. The lowest BCUT2D eigenvalue weighted by atomic mass is 10.3. The normalized spacial score (nSPS) is 10.6. The molecule has 0 aliphatic rings. The van der Waals surface area contributed by atoms with Crippen LogP contribution >= 0.6 is 0 Å². The molecule has 5 nitrogen and oxygen atoms in total. The molecule has 0 bridgehead atoms. The summed E-state index contributed by atoms with van der Waals surface area (Å²) < 4.78 is 1.23. The molecule has 0 aliphatic carbocycles. The van der Waals surface area contributed by atoms with Crippen molar-refractivity contribution in [3.63, 3.8) is 0 Å². The average molecular weight is 150 g/mol. The van der Waals surface area contributed by atoms with Gasteiger partial charge in [-0.05, 0) is 18.6 Å². The zero-order valence-corrected chi connectivity index (χ0v) is 5.90. The Balaban J connectivity index is 3.06. The molecule has 1 N–H and O–H groups in total. The minimum absolute atomic E-state index is 0.302. The van der Waals surface area contributed by atoms with Gasteiger partial charge in [0.05, 0.1) is 0 Å². The first-order valence-corrected chi connectivity index (χ1v) is 3.18. The Labute approximate surface area is 61.7 Å². The fraction of sp³-hybridized carbons (Fsp3) is 0.167. The van der Waals surface area contributed by atoms with E-state index in [4.69, 9.17) is 0 Å². The van der Waals surface area contributed by atoms with E-state index in [1.807, 2.05) is 6.92 Å². The lowest BCUT2D eigenvalue weighted by molar-refractivity contribution is 0.875. The van der Waals surface area contributed by atoms with Crippen molar-refractivity contribution in [3.05, 3.63) is 28.3 Å². The van der Waals surface area contributed by atoms with Gasteiger partial charge < -0.3 is 0 Å². The summed E-state index contributed by atoms with van der Waals surface area (Å²) in [7, 11) is 0. The number of aromatic amines is 1. The zero-order valence-electron chi connectivity index (χ0n) is 5.90. The first-order valence-electron chi connectivity index (χ1n) is 3.18. The smallest absolute Gasteiger partial charge is 0.244 e. The number of nitrogens with zero attached hydrogens (tertiary/aromatic N) is 3. The highest BCUT2D eigenvalue weighted by Gasteiger charge is 2.00. The van der Waals surface area contributed by atoms with Crippen molar-refractivity contribution >= 4 is 5.65 Å². The maximum Gasteiger partial charge on any atom is 0.364 e. The van der Waals surface area contributed by atoms with Gasteiger partial charge >= 0.3 is 5.69 Å². The molecule has 5 heteroatoms. The summed E-state index contributed by atoms with van der Waals surface area (Å²) in [5, 5.41) is 9.91. The van der Waals surface area contributed by atoms with Crippen LogP contribution in [0.5, 0.6) is 0 Å². The number of hydrogen-bond acceptors (Lipinski definition) is 3. The van der Waals surface area contributed by atoms with Crippen LogP contribution in [-0.4, -0.2) is 19.8 Å². The van der Waals surface area contributed by atoms with Gasteiger partial charge in [-0.25, -0.2) is 9.89 Å². The molecule has 2 rings (SSSR count). The van der Waals surface area contributed by atoms with Gasteiger partial charge in [-0.2, -0.15) is 14.7 Å². The van der Waals surface area contributed by atoms with Crippen LogP contribution in [0.4, 0.5) is 0 Å². The molecule has 2 aromatic rings. The van der Waals surface area contributed by atoms with Gasteiger partial charge in [-0.15, -0.1) is 0 Å². The van der Waals surface area contributed by atoms with Gasteiger partial charge in [0.25, 0.3) is 0 Å². The molecule has 11 heavy (non-hydrogen) atoms. The molecule has 0 saturated heterocycles. The predicted octanol–water partition coefficient (Wildman–Crippen LogP) is -0.274. The molecule has 2 aromatic heterocycles. The van der Waals surface area contributed by atoms with Crippen LogP contribution in [0.1, 0.15) is 5.56 Å². The van der Waals surface area contributed by atoms with Crippen LogP contribution in [0.3, 0.4) is 0 Å². The lowest BCUT2D eigenvalue weighted by Crippen LogP contribution is -2.11. The summed E-state index contributed by atoms with van der Waals surface area (Å²) in [5.74, 6) is 0. The molecular formula is C6H6N4O. The van der Waals surface area contributed by atoms with Crippen molar-refractivity contribution in [2.24, 2.45) is 0 Å². The molecule has 2 heterocycles. The first kappa shape index (κ1) is 6.09. The van der Waals surface area contributed by atoms with E-state index in [0.717, 1.165) is 5.56 Å². The molecule has 0 aromatic carbocycles. The number of hydrogen-bond donors (Lipinski definition) is 1. The Morgan fingerprint density at radius 3 is 3.18 bits per heavy atom. The number of H-pyrrole nitrogens is 1. The Kier molecular flexibility index (Phi) is 1.06. The third kappa shape index (κ3) is 0.739. The summed E-state index contributed by atoms with van der Waals surface area (Å²) in [6.07, 6.45) is 1.57. The van der Waals surface area contributed by atoms with E-state index < -0.39 is 0 Å². The van der Waals surface area contributed by atoms with Crippen molar-refractivity contribution in [1.82, 2.24) is 19.8 Å². The van der Waals surface area contributed by atoms with E-state index in [9.17, 15) is 4.79 Å². The van der Waals surface area contributed by atoms with Crippen molar-refractivity contribution in [2.75, 3.05) is 0 Å². The van der Waals surface area contributed by atoms with Crippen molar-refractivity contribution < 1.29 is 0 Å². The van der Waals surface area contributed by atoms with Gasteiger partial charge in [-0.1, -0.05) is 0 Å². The zero-order chi connectivity index (χ0) is 7.84. The highest BCUT2D eigenvalue weighted by molar-refractivity contribution is 5.42. The van der Waals surface area contributed by atoms with Crippen LogP contribution in [0, 0.1) is 6.92 Å². The monoisotopic (exact) mass is 150 g/mol. The number of rotatable bonds is 0. The highest BCUT2D eigenvalue weighted by atomic mass is 16.2. The number of fused-ring (bicyclic) bond motifs is 1. The van der Waals surface area contributed by atoms with E-state index in [1.165, 1.54) is 4.52 Å². The molecule has 0 radical (unpaired) electrons. The fourth-order valence-corrected chi connectivity index (χ4v) is 0.940. The second-order valence-electron chi connectivity index (χ2n) is 2.28. The molecule has 0 atom stereocenters. The maximum atomic E-state index is 10.9. The van der Waals surface area contributed by atoms with E-state index >= 15 is 0 Å². The van der Waals surface area contributed by atoms with Crippen molar-refractivity contribution in [3.8, 4) is 0 Å². The van der Waals surface area contributed by atoms with Crippen LogP contribution in [0.25, 0.3) is 5.65 Å². The van der Waals surface area contributed by atoms with Gasteiger partial charge in [-0.3, -0.25) is 0 Å². The number of nitrogens with one attached hydrogen (secondary N) is 1. The Bertz CT molecular complexity index is 441. The van der Waals surface area contributed by atoms with Gasteiger partial charge in [0.1, 0.15) is 0 Å². The summed E-state index contributed by atoms with van der Waals surface area (Å²) in [6.45, 7) is 1.87. The van der Waals surface area contributed by atoms with Crippen molar-refractivity contribution in [2.45, 2.75) is 6.92 Å². The van der Waals surface area contributed by atoms with E-state index in [0.29, 0.717) is 5.65 Å². The minimum atomic E-state index is -0.302. The van der Waals surface area contributed by atoms with Crippen LogP contribution in [0.15, 0.2) is 17.1 Å². The SMILES string of the molecule is Cc1ccnn2c(=O)[nH]nc12. The number of aryl methyl sites for hydroxylation is 1. The van der Waals surface area contributed by atoms with Crippen LogP contribution < -0.4 is 5.69 Å². The Hall–Kier alpha value is -1.65. The number of aromatic nitrogens is 4. The minimum Gasteiger partial charge on any atom is -0.244 e. The van der Waals surface area contributed by atoms with E-state index in [1.54, 1.807) is 12.3 Å². The van der Waals surface area contributed by atoms with Gasteiger partial charge in [0.2, 0.25) is 0 Å². The molecule has 0 unspecified atom stereocenters. The second-order valence-corrected chi connectivity index (χ2v) is 2.28. The van der Waals surface area contributed by atoms with Crippen LogP contribution in [0.2, 0.25) is 0 Å².